The van der Waals surface area contributed by atoms with Crippen LogP contribution in [0.1, 0.15) is 50.8 Å². The van der Waals surface area contributed by atoms with Crippen molar-refractivity contribution in [3.8, 4) is 0 Å². The molecule has 0 spiro atoms. The van der Waals surface area contributed by atoms with E-state index in [1.54, 1.807) is 12.3 Å². The highest BCUT2D eigenvalue weighted by atomic mass is 16.2. The maximum absolute atomic E-state index is 12.4. The van der Waals surface area contributed by atoms with Crippen LogP contribution in [0.5, 0.6) is 0 Å². The summed E-state index contributed by atoms with van der Waals surface area (Å²) in [5, 5.41) is 3.04. The van der Waals surface area contributed by atoms with Crippen LogP contribution in [0.25, 0.3) is 0 Å². The second-order valence-electron chi connectivity index (χ2n) is 6.66. The molecule has 0 saturated carbocycles. The Morgan fingerprint density at radius 2 is 1.96 bits per heavy atom. The molecule has 0 aliphatic heterocycles. The van der Waals surface area contributed by atoms with Crippen LogP contribution in [0.4, 0.5) is 0 Å². The lowest BCUT2D eigenvalue weighted by molar-refractivity contribution is -0.122. The van der Waals surface area contributed by atoms with Gasteiger partial charge in [0, 0.05) is 12.4 Å². The molecule has 0 radical (unpaired) electrons. The fourth-order valence-electron chi connectivity index (χ4n) is 2.79. The molecule has 1 N–H and O–H groups in total. The first kappa shape index (κ1) is 18.9. The number of aromatic nitrogens is 2. The summed E-state index contributed by atoms with van der Waals surface area (Å²) in [5.74, 6) is 0.0555. The van der Waals surface area contributed by atoms with Crippen LogP contribution < -0.4 is 11.0 Å². The van der Waals surface area contributed by atoms with Crippen molar-refractivity contribution in [3.63, 3.8) is 0 Å². The lowest BCUT2D eigenvalue weighted by atomic mass is 9.94. The number of hydrogen-bond donors (Lipinski definition) is 1. The molecular formula is C20H27N3O2. The molecule has 2 rings (SSSR count). The van der Waals surface area contributed by atoms with Crippen LogP contribution in [-0.4, -0.2) is 15.5 Å². The highest BCUT2D eigenvalue weighted by molar-refractivity contribution is 5.76. The summed E-state index contributed by atoms with van der Waals surface area (Å²) in [5.41, 5.74) is 1.99. The molecule has 1 amide bonds. The van der Waals surface area contributed by atoms with Crippen molar-refractivity contribution in [1.29, 1.82) is 0 Å². The first-order chi connectivity index (χ1) is 12.0. The van der Waals surface area contributed by atoms with Crippen LogP contribution in [0.3, 0.4) is 0 Å². The van der Waals surface area contributed by atoms with E-state index in [4.69, 9.17) is 0 Å². The molecule has 0 unspecified atom stereocenters. The van der Waals surface area contributed by atoms with Crippen molar-refractivity contribution < 1.29 is 4.79 Å². The normalized spacial score (nSPS) is 12.2. The Bertz CT molecular complexity index is 735. The van der Waals surface area contributed by atoms with Crippen molar-refractivity contribution in [2.75, 3.05) is 0 Å². The Morgan fingerprint density at radius 3 is 2.56 bits per heavy atom. The zero-order valence-electron chi connectivity index (χ0n) is 15.2. The molecule has 2 aromatic rings. The number of carbonyl (C=O) groups is 1. The number of nitrogens with zero attached hydrogens (tertiary/aromatic N) is 2. The summed E-state index contributed by atoms with van der Waals surface area (Å²) in [6.07, 6.45) is 6.44. The molecule has 0 fully saturated rings. The number of benzene rings is 1. The standard InChI is InChI=1S/C20H27N3O2/c1-4-5-7-16-8-10-17(11-9-16)19(15(2)3)22-18(24)14-23-13-6-12-21-20(23)25/h6,8-13,15,19H,4-5,7,14H2,1-3H3,(H,22,24)/t19-/m1/s1. The fourth-order valence-corrected chi connectivity index (χ4v) is 2.79. The average Bonchev–Trinajstić information content (AvgIpc) is 2.60. The largest absolute Gasteiger partial charge is 0.347 e. The number of hydrogen-bond acceptors (Lipinski definition) is 3. The lowest BCUT2D eigenvalue weighted by Gasteiger charge is -2.23. The Hall–Kier alpha value is -2.43. The van der Waals surface area contributed by atoms with Gasteiger partial charge in [-0.1, -0.05) is 51.5 Å². The van der Waals surface area contributed by atoms with Crippen LogP contribution in [-0.2, 0) is 17.8 Å². The molecule has 1 aromatic heterocycles. The van der Waals surface area contributed by atoms with Gasteiger partial charge < -0.3 is 5.32 Å². The maximum atomic E-state index is 12.4. The van der Waals surface area contributed by atoms with E-state index in [0.29, 0.717) is 0 Å². The highest BCUT2D eigenvalue weighted by Gasteiger charge is 2.18. The minimum absolute atomic E-state index is 0.0233. The minimum Gasteiger partial charge on any atom is -0.347 e. The van der Waals surface area contributed by atoms with E-state index in [2.05, 4.69) is 55.3 Å². The van der Waals surface area contributed by atoms with Gasteiger partial charge in [0.1, 0.15) is 6.54 Å². The third kappa shape index (κ3) is 5.55. The van der Waals surface area contributed by atoms with Crippen LogP contribution in [0, 0.1) is 5.92 Å². The monoisotopic (exact) mass is 341 g/mol. The van der Waals surface area contributed by atoms with Crippen LogP contribution in [0.15, 0.2) is 47.5 Å². The molecule has 5 nitrogen and oxygen atoms in total. The molecule has 0 aliphatic carbocycles. The molecule has 5 heteroatoms. The smallest absolute Gasteiger partial charge is 0.347 e. The summed E-state index contributed by atoms with van der Waals surface area (Å²) < 4.78 is 1.31. The zero-order chi connectivity index (χ0) is 18.2. The first-order valence-electron chi connectivity index (χ1n) is 8.91. The maximum Gasteiger partial charge on any atom is 0.347 e. The van der Waals surface area contributed by atoms with Gasteiger partial charge in [0.05, 0.1) is 6.04 Å². The van der Waals surface area contributed by atoms with Crippen molar-refractivity contribution in [1.82, 2.24) is 14.9 Å². The number of amides is 1. The number of carbonyl (C=O) groups excluding carboxylic acids is 1. The SMILES string of the molecule is CCCCc1ccc([C@H](NC(=O)Cn2cccnc2=O)C(C)C)cc1. The summed E-state index contributed by atoms with van der Waals surface area (Å²) in [4.78, 5) is 27.7. The average molecular weight is 341 g/mol. The summed E-state index contributed by atoms with van der Waals surface area (Å²) >= 11 is 0. The number of rotatable bonds is 8. The van der Waals surface area contributed by atoms with E-state index in [1.807, 2.05) is 0 Å². The van der Waals surface area contributed by atoms with Gasteiger partial charge in [-0.15, -0.1) is 0 Å². The number of nitrogens with one attached hydrogen (secondary N) is 1. The van der Waals surface area contributed by atoms with Crippen molar-refractivity contribution in [2.24, 2.45) is 5.92 Å². The molecule has 134 valence electrons. The second kappa shape index (κ2) is 9.16. The van der Waals surface area contributed by atoms with Crippen molar-refractivity contribution in [2.45, 2.75) is 52.6 Å². The van der Waals surface area contributed by atoms with Gasteiger partial charge in [-0.05, 0) is 36.0 Å². The Kier molecular flexibility index (Phi) is 6.92. The van der Waals surface area contributed by atoms with E-state index in [9.17, 15) is 9.59 Å². The minimum atomic E-state index is -0.418. The van der Waals surface area contributed by atoms with Gasteiger partial charge >= 0.3 is 5.69 Å². The van der Waals surface area contributed by atoms with Gasteiger partial charge in [0.15, 0.2) is 0 Å². The molecular weight excluding hydrogens is 314 g/mol. The predicted molar refractivity (Wildman–Crippen MR) is 99.3 cm³/mol. The van der Waals surface area contributed by atoms with E-state index in [1.165, 1.54) is 29.2 Å². The van der Waals surface area contributed by atoms with Gasteiger partial charge in [0.25, 0.3) is 0 Å². The van der Waals surface area contributed by atoms with Gasteiger partial charge in [0.2, 0.25) is 5.91 Å². The van der Waals surface area contributed by atoms with E-state index < -0.39 is 5.69 Å². The van der Waals surface area contributed by atoms with Gasteiger partial charge in [-0.3, -0.25) is 9.36 Å². The quantitative estimate of drug-likeness (QED) is 0.802. The third-order valence-corrected chi connectivity index (χ3v) is 4.24. The molecule has 1 aromatic carbocycles. The zero-order valence-corrected chi connectivity index (χ0v) is 15.2. The second-order valence-corrected chi connectivity index (χ2v) is 6.66. The van der Waals surface area contributed by atoms with Gasteiger partial charge in [-0.2, -0.15) is 0 Å². The Labute approximate surface area is 149 Å². The lowest BCUT2D eigenvalue weighted by Crippen LogP contribution is -2.36. The van der Waals surface area contributed by atoms with E-state index >= 15 is 0 Å². The molecule has 0 saturated heterocycles. The predicted octanol–water partition coefficient (Wildman–Crippen LogP) is 3.10. The molecule has 0 bridgehead atoms. The van der Waals surface area contributed by atoms with E-state index in [-0.39, 0.29) is 24.4 Å². The summed E-state index contributed by atoms with van der Waals surface area (Å²) in [6, 6.07) is 10.0. The molecule has 0 aliphatic rings. The molecule has 1 heterocycles. The van der Waals surface area contributed by atoms with E-state index in [0.717, 1.165) is 12.0 Å². The number of aryl methyl sites for hydroxylation is 1. The van der Waals surface area contributed by atoms with Gasteiger partial charge in [-0.25, -0.2) is 9.78 Å². The van der Waals surface area contributed by atoms with Crippen molar-refractivity contribution in [3.05, 3.63) is 64.3 Å². The topological polar surface area (TPSA) is 64.0 Å². The third-order valence-electron chi connectivity index (χ3n) is 4.24. The Balaban J connectivity index is 2.06. The molecule has 1 atom stereocenters. The molecule has 25 heavy (non-hydrogen) atoms. The number of unbranched alkanes of at least 4 members (excludes halogenated alkanes) is 1. The highest BCUT2D eigenvalue weighted by Crippen LogP contribution is 2.22. The van der Waals surface area contributed by atoms with Crippen molar-refractivity contribution >= 4 is 5.91 Å². The fraction of sp³-hybridized carbons (Fsp3) is 0.450. The summed E-state index contributed by atoms with van der Waals surface area (Å²) in [6.45, 7) is 6.31. The summed E-state index contributed by atoms with van der Waals surface area (Å²) in [7, 11) is 0. The Morgan fingerprint density at radius 1 is 1.24 bits per heavy atom. The first-order valence-corrected chi connectivity index (χ1v) is 8.91. The van der Waals surface area contributed by atoms with Crippen LogP contribution >= 0.6 is 0 Å². The van der Waals surface area contributed by atoms with Crippen LogP contribution in [0.2, 0.25) is 0 Å².